The number of anilines is 1. The minimum atomic E-state index is -0.933. The number of aromatic nitrogens is 2. The van der Waals surface area contributed by atoms with Crippen LogP contribution in [-0.2, 0) is 19.0 Å². The highest BCUT2D eigenvalue weighted by atomic mass is 19.2. The lowest BCUT2D eigenvalue weighted by molar-refractivity contribution is -0.119. The Bertz CT molecular complexity index is 1620. The normalized spacial score (nSPS) is 19.6. The van der Waals surface area contributed by atoms with Gasteiger partial charge in [-0.2, -0.15) is 5.10 Å². The summed E-state index contributed by atoms with van der Waals surface area (Å²) >= 11 is 0. The standard InChI is InChI=1S/C36H45F2N5O5/c1-23-32(24-13-16-42(17-14-24)35(45)48-36(2,3)4)41-43(27-9-7-6-8-10-27)34(23)40-22-31(44)39-21-26-19-28(15-18-46-5)47-33(26)25-11-12-29(37)30(38)20-25/h6-13,20,26,28,33,40H,14-19,21-22H2,1-5H3,(H,39,44)/t26-,28+,33-/m0/s1. The molecule has 2 aromatic carbocycles. The van der Waals surface area contributed by atoms with E-state index in [4.69, 9.17) is 19.3 Å². The summed E-state index contributed by atoms with van der Waals surface area (Å²) < 4.78 is 46.5. The van der Waals surface area contributed by atoms with E-state index in [1.165, 1.54) is 6.07 Å². The Labute approximate surface area is 280 Å². The van der Waals surface area contributed by atoms with Gasteiger partial charge in [-0.25, -0.2) is 18.3 Å². The van der Waals surface area contributed by atoms with Gasteiger partial charge >= 0.3 is 6.09 Å². The Hall–Kier alpha value is -4.29. The van der Waals surface area contributed by atoms with Crippen LogP contribution in [-0.4, -0.2) is 78.3 Å². The molecule has 2 aliphatic rings. The maximum absolute atomic E-state index is 14.1. The molecular formula is C36H45F2N5O5. The van der Waals surface area contributed by atoms with Crippen molar-refractivity contribution < 1.29 is 32.6 Å². The van der Waals surface area contributed by atoms with Crippen molar-refractivity contribution in [3.05, 3.63) is 83.1 Å². The quantitative estimate of drug-likeness (QED) is 0.252. The number of benzene rings is 2. The van der Waals surface area contributed by atoms with Gasteiger partial charge in [-0.3, -0.25) is 4.79 Å². The fourth-order valence-electron chi connectivity index (χ4n) is 6.11. The van der Waals surface area contributed by atoms with Gasteiger partial charge in [-0.15, -0.1) is 0 Å². The SMILES string of the molecule is COCC[C@@H]1C[C@@H](CNC(=O)CNc2c(C)c(C3=CCN(C(=O)OC(C)(C)C)CC3)nn2-c2ccccc2)[C@H](c2ccc(F)c(F)c2)O1. The Kier molecular flexibility index (Phi) is 11.2. The molecule has 0 bridgehead atoms. The second kappa shape index (κ2) is 15.3. The van der Waals surface area contributed by atoms with E-state index in [2.05, 4.69) is 10.6 Å². The molecule has 1 saturated heterocycles. The summed E-state index contributed by atoms with van der Waals surface area (Å²) in [6, 6.07) is 13.5. The topological polar surface area (TPSA) is 107 Å². The molecule has 0 aliphatic carbocycles. The number of halogens is 2. The van der Waals surface area contributed by atoms with Gasteiger partial charge in [-0.1, -0.05) is 30.3 Å². The van der Waals surface area contributed by atoms with Crippen molar-refractivity contribution >= 4 is 23.4 Å². The number of amides is 2. The van der Waals surface area contributed by atoms with Gasteiger partial charge in [0.25, 0.3) is 0 Å². The van der Waals surface area contributed by atoms with E-state index >= 15 is 0 Å². The van der Waals surface area contributed by atoms with Crippen LogP contribution in [0.2, 0.25) is 0 Å². The molecule has 10 nitrogen and oxygen atoms in total. The summed E-state index contributed by atoms with van der Waals surface area (Å²) in [5, 5.41) is 11.2. The van der Waals surface area contributed by atoms with Crippen molar-refractivity contribution in [1.82, 2.24) is 20.0 Å². The fourth-order valence-corrected chi connectivity index (χ4v) is 6.11. The van der Waals surface area contributed by atoms with Crippen LogP contribution in [0, 0.1) is 24.5 Å². The minimum Gasteiger partial charge on any atom is -0.444 e. The average molecular weight is 666 g/mol. The third-order valence-corrected chi connectivity index (χ3v) is 8.51. The second-order valence-corrected chi connectivity index (χ2v) is 13.3. The average Bonchev–Trinajstić information content (AvgIpc) is 3.63. The first-order chi connectivity index (χ1) is 22.9. The van der Waals surface area contributed by atoms with Crippen LogP contribution in [0.25, 0.3) is 11.3 Å². The van der Waals surface area contributed by atoms with Gasteiger partial charge in [0.05, 0.1) is 30.1 Å². The molecule has 3 heterocycles. The number of nitrogens with one attached hydrogen (secondary N) is 2. The Morgan fingerprint density at radius 1 is 1.10 bits per heavy atom. The highest BCUT2D eigenvalue weighted by molar-refractivity contribution is 5.81. The van der Waals surface area contributed by atoms with E-state index < -0.39 is 23.3 Å². The van der Waals surface area contributed by atoms with Gasteiger partial charge in [0.1, 0.15) is 11.4 Å². The number of rotatable bonds is 11. The zero-order valence-electron chi connectivity index (χ0n) is 28.2. The molecule has 258 valence electrons. The summed E-state index contributed by atoms with van der Waals surface area (Å²) in [5.41, 5.74) is 3.49. The monoisotopic (exact) mass is 665 g/mol. The molecule has 2 amide bonds. The molecule has 3 aromatic rings. The largest absolute Gasteiger partial charge is 0.444 e. The van der Waals surface area contributed by atoms with E-state index in [0.29, 0.717) is 56.9 Å². The predicted octanol–water partition coefficient (Wildman–Crippen LogP) is 6.19. The molecule has 0 spiro atoms. The number of carbonyl (C=O) groups is 2. The van der Waals surface area contributed by atoms with Crippen molar-refractivity contribution in [2.24, 2.45) is 5.92 Å². The molecule has 48 heavy (non-hydrogen) atoms. The van der Waals surface area contributed by atoms with Crippen molar-refractivity contribution in [2.75, 3.05) is 45.2 Å². The molecule has 0 saturated carbocycles. The van der Waals surface area contributed by atoms with Crippen molar-refractivity contribution in [1.29, 1.82) is 0 Å². The number of carbonyl (C=O) groups excluding carboxylic acids is 2. The number of hydrogen-bond donors (Lipinski definition) is 2. The first-order valence-electron chi connectivity index (χ1n) is 16.4. The lowest BCUT2D eigenvalue weighted by atomic mass is 9.93. The van der Waals surface area contributed by atoms with Gasteiger partial charge in [0.2, 0.25) is 5.91 Å². The van der Waals surface area contributed by atoms with Crippen molar-refractivity contribution in [3.63, 3.8) is 0 Å². The maximum atomic E-state index is 14.1. The van der Waals surface area contributed by atoms with Crippen LogP contribution in [0.1, 0.15) is 63.0 Å². The van der Waals surface area contributed by atoms with Crippen LogP contribution < -0.4 is 10.6 Å². The molecule has 1 fully saturated rings. The van der Waals surface area contributed by atoms with Crippen LogP contribution in [0.4, 0.5) is 19.4 Å². The van der Waals surface area contributed by atoms with E-state index in [1.54, 1.807) is 16.7 Å². The van der Waals surface area contributed by atoms with E-state index in [1.807, 2.05) is 64.1 Å². The molecule has 0 radical (unpaired) electrons. The third kappa shape index (κ3) is 8.59. The smallest absolute Gasteiger partial charge is 0.410 e. The lowest BCUT2D eigenvalue weighted by Gasteiger charge is -2.29. The molecule has 1 aromatic heterocycles. The van der Waals surface area contributed by atoms with Crippen LogP contribution in [0.15, 0.2) is 54.6 Å². The Morgan fingerprint density at radius 2 is 1.88 bits per heavy atom. The molecule has 2 N–H and O–H groups in total. The second-order valence-electron chi connectivity index (χ2n) is 13.3. The summed E-state index contributed by atoms with van der Waals surface area (Å²) in [6.45, 7) is 9.22. The van der Waals surface area contributed by atoms with Crippen LogP contribution in [0.5, 0.6) is 0 Å². The predicted molar refractivity (Wildman–Crippen MR) is 179 cm³/mol. The maximum Gasteiger partial charge on any atom is 0.410 e. The number of nitrogens with zero attached hydrogens (tertiary/aromatic N) is 3. The number of para-hydroxylation sites is 1. The number of hydrogen-bond acceptors (Lipinski definition) is 7. The summed E-state index contributed by atoms with van der Waals surface area (Å²) in [7, 11) is 1.62. The van der Waals surface area contributed by atoms with Crippen LogP contribution in [0.3, 0.4) is 0 Å². The van der Waals surface area contributed by atoms with E-state index in [-0.39, 0.29) is 30.6 Å². The zero-order chi connectivity index (χ0) is 34.4. The first-order valence-corrected chi connectivity index (χ1v) is 16.4. The van der Waals surface area contributed by atoms with Gasteiger partial charge in [0, 0.05) is 44.8 Å². The van der Waals surface area contributed by atoms with E-state index in [9.17, 15) is 18.4 Å². The van der Waals surface area contributed by atoms with Crippen molar-refractivity contribution in [3.8, 4) is 5.69 Å². The van der Waals surface area contributed by atoms with Crippen molar-refractivity contribution in [2.45, 2.75) is 64.8 Å². The lowest BCUT2D eigenvalue weighted by Crippen LogP contribution is -2.39. The highest BCUT2D eigenvalue weighted by Crippen LogP contribution is 2.39. The molecule has 12 heteroatoms. The van der Waals surface area contributed by atoms with E-state index in [0.717, 1.165) is 34.7 Å². The summed E-state index contributed by atoms with van der Waals surface area (Å²) in [5.74, 6) is -1.53. The van der Waals surface area contributed by atoms with Gasteiger partial charge in [-0.05, 0) is 82.4 Å². The van der Waals surface area contributed by atoms with Gasteiger partial charge in [0.15, 0.2) is 11.6 Å². The third-order valence-electron chi connectivity index (χ3n) is 8.51. The molecular weight excluding hydrogens is 620 g/mol. The number of methoxy groups -OCH3 is 1. The molecule has 2 aliphatic heterocycles. The highest BCUT2D eigenvalue weighted by Gasteiger charge is 2.36. The fraction of sp³-hybridized carbons (Fsp3) is 0.472. The number of ether oxygens (including phenoxy) is 3. The van der Waals surface area contributed by atoms with Gasteiger partial charge < -0.3 is 29.7 Å². The first kappa shape index (κ1) is 35.0. The minimum absolute atomic E-state index is 0.0131. The zero-order valence-corrected chi connectivity index (χ0v) is 28.2. The Morgan fingerprint density at radius 3 is 2.54 bits per heavy atom. The van der Waals surface area contributed by atoms with Crippen LogP contribution >= 0.6 is 0 Å². The molecule has 3 atom stereocenters. The molecule has 5 rings (SSSR count). The Balaban J connectivity index is 1.27. The summed E-state index contributed by atoms with van der Waals surface area (Å²) in [6.07, 6.45) is 2.95. The summed E-state index contributed by atoms with van der Waals surface area (Å²) in [4.78, 5) is 27.5. The molecule has 0 unspecified atom stereocenters.